The first-order valence-electron chi connectivity index (χ1n) is 7.68. The van der Waals surface area contributed by atoms with Gasteiger partial charge in [0, 0.05) is 5.33 Å². The Morgan fingerprint density at radius 1 is 0.636 bits per heavy atom. The summed E-state index contributed by atoms with van der Waals surface area (Å²) in [5.41, 5.74) is 6.57. The Balaban J connectivity index is 2.09. The molecule has 22 heavy (non-hydrogen) atoms. The molecular formula is C21H19Br. The number of halogens is 1. The SMILES string of the molecule is BrCCCc1ccc(-c2ccccc2)c(-c2ccccc2)c1. The molecule has 0 atom stereocenters. The zero-order valence-electron chi connectivity index (χ0n) is 12.5. The second-order valence-electron chi connectivity index (χ2n) is 5.40. The normalized spacial score (nSPS) is 10.6. The molecule has 0 bridgehead atoms. The zero-order chi connectivity index (χ0) is 15.2. The van der Waals surface area contributed by atoms with Crippen LogP contribution in [0.15, 0.2) is 78.9 Å². The molecule has 0 nitrogen and oxygen atoms in total. The van der Waals surface area contributed by atoms with Gasteiger partial charge in [-0.25, -0.2) is 0 Å². The molecular weight excluding hydrogens is 332 g/mol. The highest BCUT2D eigenvalue weighted by Gasteiger charge is 2.08. The highest BCUT2D eigenvalue weighted by molar-refractivity contribution is 9.09. The average Bonchev–Trinajstić information content (AvgIpc) is 2.61. The topological polar surface area (TPSA) is 0 Å². The van der Waals surface area contributed by atoms with E-state index in [9.17, 15) is 0 Å². The second kappa shape index (κ2) is 7.42. The van der Waals surface area contributed by atoms with E-state index in [0.717, 1.165) is 11.8 Å². The molecule has 0 radical (unpaired) electrons. The van der Waals surface area contributed by atoms with Crippen LogP contribution in [-0.4, -0.2) is 5.33 Å². The lowest BCUT2D eigenvalue weighted by molar-refractivity contribution is 0.940. The summed E-state index contributed by atoms with van der Waals surface area (Å²) in [6.45, 7) is 0. The van der Waals surface area contributed by atoms with Crippen molar-refractivity contribution < 1.29 is 0 Å². The van der Waals surface area contributed by atoms with E-state index in [2.05, 4.69) is 94.8 Å². The lowest BCUT2D eigenvalue weighted by Gasteiger charge is -2.13. The van der Waals surface area contributed by atoms with Gasteiger partial charge in [-0.05, 0) is 40.7 Å². The van der Waals surface area contributed by atoms with Crippen LogP contribution in [0.2, 0.25) is 0 Å². The molecule has 0 aromatic heterocycles. The summed E-state index contributed by atoms with van der Waals surface area (Å²) < 4.78 is 0. The largest absolute Gasteiger partial charge is 0.0928 e. The third kappa shape index (κ3) is 3.48. The van der Waals surface area contributed by atoms with Gasteiger partial charge in [-0.15, -0.1) is 0 Å². The predicted octanol–water partition coefficient (Wildman–Crippen LogP) is 6.35. The molecule has 1 heteroatoms. The highest BCUT2D eigenvalue weighted by atomic mass is 79.9. The maximum absolute atomic E-state index is 3.52. The quantitative estimate of drug-likeness (QED) is 0.470. The standard InChI is InChI=1S/C21H19Br/c22-15-7-8-17-13-14-20(18-9-3-1-4-10-18)21(16-17)19-11-5-2-6-12-19/h1-6,9-14,16H,7-8,15H2. The van der Waals surface area contributed by atoms with Gasteiger partial charge in [0.05, 0.1) is 0 Å². The smallest absolute Gasteiger partial charge is 0.00344 e. The minimum Gasteiger partial charge on any atom is -0.0928 e. The number of benzene rings is 3. The van der Waals surface area contributed by atoms with Crippen LogP contribution in [0.5, 0.6) is 0 Å². The van der Waals surface area contributed by atoms with Crippen molar-refractivity contribution in [2.45, 2.75) is 12.8 Å². The fourth-order valence-corrected chi connectivity index (χ4v) is 3.02. The van der Waals surface area contributed by atoms with Gasteiger partial charge in [0.2, 0.25) is 0 Å². The molecule has 0 spiro atoms. The number of hydrogen-bond donors (Lipinski definition) is 0. The van der Waals surface area contributed by atoms with Crippen molar-refractivity contribution in [2.24, 2.45) is 0 Å². The maximum Gasteiger partial charge on any atom is 0.00344 e. The first-order chi connectivity index (χ1) is 10.9. The molecule has 0 amide bonds. The van der Waals surface area contributed by atoms with Crippen LogP contribution in [0.1, 0.15) is 12.0 Å². The summed E-state index contributed by atoms with van der Waals surface area (Å²) in [7, 11) is 0. The van der Waals surface area contributed by atoms with Gasteiger partial charge in [0.15, 0.2) is 0 Å². The number of hydrogen-bond acceptors (Lipinski definition) is 0. The molecule has 0 aliphatic carbocycles. The van der Waals surface area contributed by atoms with Crippen molar-refractivity contribution in [3.05, 3.63) is 84.4 Å². The van der Waals surface area contributed by atoms with Gasteiger partial charge in [0.25, 0.3) is 0 Å². The van der Waals surface area contributed by atoms with Crippen LogP contribution >= 0.6 is 15.9 Å². The van der Waals surface area contributed by atoms with E-state index in [1.165, 1.54) is 34.2 Å². The first kappa shape index (κ1) is 15.1. The van der Waals surface area contributed by atoms with E-state index in [-0.39, 0.29) is 0 Å². The summed E-state index contributed by atoms with van der Waals surface area (Å²) in [4.78, 5) is 0. The first-order valence-corrected chi connectivity index (χ1v) is 8.80. The van der Waals surface area contributed by atoms with E-state index in [4.69, 9.17) is 0 Å². The summed E-state index contributed by atoms with van der Waals surface area (Å²) >= 11 is 3.52. The second-order valence-corrected chi connectivity index (χ2v) is 6.20. The van der Waals surface area contributed by atoms with Crippen LogP contribution < -0.4 is 0 Å². The third-order valence-electron chi connectivity index (χ3n) is 3.85. The molecule has 0 aliphatic rings. The van der Waals surface area contributed by atoms with Crippen molar-refractivity contribution in [3.8, 4) is 22.3 Å². The predicted molar refractivity (Wildman–Crippen MR) is 99.4 cm³/mol. The van der Waals surface area contributed by atoms with E-state index in [1.807, 2.05) is 0 Å². The Morgan fingerprint density at radius 2 is 1.23 bits per heavy atom. The number of aryl methyl sites for hydroxylation is 1. The van der Waals surface area contributed by atoms with E-state index in [1.54, 1.807) is 0 Å². The molecule has 3 rings (SSSR count). The lowest BCUT2D eigenvalue weighted by Crippen LogP contribution is -1.91. The maximum atomic E-state index is 3.52. The molecule has 0 heterocycles. The monoisotopic (exact) mass is 350 g/mol. The van der Waals surface area contributed by atoms with Gasteiger partial charge in [0.1, 0.15) is 0 Å². The molecule has 0 fully saturated rings. The highest BCUT2D eigenvalue weighted by Crippen LogP contribution is 2.33. The zero-order valence-corrected chi connectivity index (χ0v) is 14.1. The van der Waals surface area contributed by atoms with Crippen molar-refractivity contribution in [3.63, 3.8) is 0 Å². The molecule has 3 aromatic carbocycles. The fraction of sp³-hybridized carbons (Fsp3) is 0.143. The van der Waals surface area contributed by atoms with Crippen LogP contribution in [0.3, 0.4) is 0 Å². The van der Waals surface area contributed by atoms with Gasteiger partial charge < -0.3 is 0 Å². The summed E-state index contributed by atoms with van der Waals surface area (Å²) in [6, 6.07) is 28.2. The Kier molecular flexibility index (Phi) is 5.07. The Hall–Kier alpha value is -1.86. The molecule has 3 aromatic rings. The minimum atomic E-state index is 1.05. The van der Waals surface area contributed by atoms with Gasteiger partial charge in [-0.2, -0.15) is 0 Å². The van der Waals surface area contributed by atoms with Gasteiger partial charge >= 0.3 is 0 Å². The lowest BCUT2D eigenvalue weighted by atomic mass is 9.92. The van der Waals surface area contributed by atoms with Crippen LogP contribution in [-0.2, 0) is 6.42 Å². The van der Waals surface area contributed by atoms with Gasteiger partial charge in [-0.1, -0.05) is 94.8 Å². The van der Waals surface area contributed by atoms with Crippen molar-refractivity contribution in [1.29, 1.82) is 0 Å². The van der Waals surface area contributed by atoms with Crippen LogP contribution in [0, 0.1) is 0 Å². The fourth-order valence-electron chi connectivity index (χ4n) is 2.74. The molecule has 0 unspecified atom stereocenters. The molecule has 0 aliphatic heterocycles. The molecule has 110 valence electrons. The summed E-state index contributed by atoms with van der Waals surface area (Å²) in [6.07, 6.45) is 2.28. The Morgan fingerprint density at radius 3 is 1.82 bits per heavy atom. The van der Waals surface area contributed by atoms with Crippen molar-refractivity contribution >= 4 is 15.9 Å². The Bertz CT molecular complexity index is 717. The number of rotatable bonds is 5. The van der Waals surface area contributed by atoms with E-state index in [0.29, 0.717) is 0 Å². The van der Waals surface area contributed by atoms with Crippen LogP contribution in [0.25, 0.3) is 22.3 Å². The molecule has 0 N–H and O–H groups in total. The number of alkyl halides is 1. The average molecular weight is 351 g/mol. The van der Waals surface area contributed by atoms with Crippen molar-refractivity contribution in [1.82, 2.24) is 0 Å². The van der Waals surface area contributed by atoms with E-state index < -0.39 is 0 Å². The van der Waals surface area contributed by atoms with E-state index >= 15 is 0 Å². The van der Waals surface area contributed by atoms with Crippen molar-refractivity contribution in [2.75, 3.05) is 5.33 Å². The summed E-state index contributed by atoms with van der Waals surface area (Å²) in [5.74, 6) is 0. The van der Waals surface area contributed by atoms with Crippen LogP contribution in [0.4, 0.5) is 0 Å². The summed E-state index contributed by atoms with van der Waals surface area (Å²) in [5, 5.41) is 1.05. The Labute approximate surface area is 141 Å². The third-order valence-corrected chi connectivity index (χ3v) is 4.41. The molecule has 0 saturated carbocycles. The minimum absolute atomic E-state index is 1.05. The molecule has 0 saturated heterocycles. The van der Waals surface area contributed by atoms with Gasteiger partial charge in [-0.3, -0.25) is 0 Å².